The molecule has 0 aliphatic rings. The summed E-state index contributed by atoms with van der Waals surface area (Å²) in [6.45, 7) is 13.5. The van der Waals surface area contributed by atoms with E-state index in [9.17, 15) is 28.7 Å². The molecule has 12 heteroatoms. The molecule has 3 aromatic rings. The van der Waals surface area contributed by atoms with Gasteiger partial charge in [0.1, 0.15) is 0 Å². The molecule has 1 aromatic carbocycles. The number of hydrogen-bond donors (Lipinski definition) is 5. The summed E-state index contributed by atoms with van der Waals surface area (Å²) in [5.74, 6) is -2.56. The Hall–Kier alpha value is -1.93. The second-order valence-corrected chi connectivity index (χ2v) is 14.9. The van der Waals surface area contributed by atoms with E-state index in [1.807, 2.05) is 45.9 Å². The Kier molecular flexibility index (Phi) is 8.24. The van der Waals surface area contributed by atoms with Crippen LogP contribution < -0.4 is 0 Å². The molecule has 9 nitrogen and oxygen atoms in total. The molecule has 0 atom stereocenters. The second kappa shape index (κ2) is 10.2. The lowest BCUT2D eigenvalue weighted by Crippen LogP contribution is -2.56. The molecule has 210 valence electrons. The maximum atomic E-state index is 17.3. The van der Waals surface area contributed by atoms with Gasteiger partial charge in [-0.15, -0.1) is 0 Å². The summed E-state index contributed by atoms with van der Waals surface area (Å²) in [4.78, 5) is 46.4. The molecule has 0 spiro atoms. The van der Waals surface area contributed by atoms with Crippen molar-refractivity contribution >= 4 is 26.1 Å². The number of nitrogens with one attached hydrogen (secondary N) is 1. The zero-order valence-corrected chi connectivity index (χ0v) is 24.8. The van der Waals surface area contributed by atoms with Gasteiger partial charge in [-0.05, 0) is 52.5 Å². The first-order valence-electron chi connectivity index (χ1n) is 12.6. The van der Waals surface area contributed by atoms with E-state index in [-0.39, 0.29) is 17.4 Å². The molecule has 2 heterocycles. The van der Waals surface area contributed by atoms with Crippen LogP contribution in [0.25, 0.3) is 22.0 Å². The van der Waals surface area contributed by atoms with Crippen molar-refractivity contribution < 1.29 is 33.1 Å². The van der Waals surface area contributed by atoms with Crippen molar-refractivity contribution in [3.63, 3.8) is 0 Å². The molecule has 0 saturated carbocycles. The van der Waals surface area contributed by atoms with E-state index in [0.717, 1.165) is 10.9 Å². The molecule has 38 heavy (non-hydrogen) atoms. The number of aromatic nitrogens is 3. The third kappa shape index (κ3) is 4.49. The molecular weight excluding hydrogens is 531 g/mol. The van der Waals surface area contributed by atoms with Gasteiger partial charge < -0.3 is 19.6 Å². The van der Waals surface area contributed by atoms with Gasteiger partial charge in [0, 0.05) is 22.8 Å². The molecule has 2 aromatic heterocycles. The lowest BCUT2D eigenvalue weighted by Gasteiger charge is -2.52. The largest absolute Gasteiger partial charge is 0.376 e. The topological polar surface area (TPSA) is 157 Å². The summed E-state index contributed by atoms with van der Waals surface area (Å²) < 4.78 is 43.3. The van der Waals surface area contributed by atoms with Crippen molar-refractivity contribution in [2.45, 2.75) is 77.8 Å². The number of benzene rings is 1. The van der Waals surface area contributed by atoms with Crippen LogP contribution in [-0.4, -0.2) is 39.9 Å². The molecule has 0 aliphatic heterocycles. The van der Waals surface area contributed by atoms with Gasteiger partial charge in [0.25, 0.3) is 0 Å². The maximum Gasteiger partial charge on any atom is 0.376 e. The number of hydrogen-bond acceptors (Lipinski definition) is 4. The predicted molar refractivity (Wildman–Crippen MR) is 147 cm³/mol. The van der Waals surface area contributed by atoms with E-state index in [0.29, 0.717) is 22.4 Å². The van der Waals surface area contributed by atoms with Gasteiger partial charge in [-0.25, -0.2) is 4.39 Å². The number of aromatic amines is 1. The smallest absolute Gasteiger partial charge is 0.322 e. The normalized spacial score (nSPS) is 14.0. The Bertz CT molecular complexity index is 1390. The highest BCUT2D eigenvalue weighted by Crippen LogP contribution is 2.79. The summed E-state index contributed by atoms with van der Waals surface area (Å²) in [6.07, 6.45) is 3.31. The quantitative estimate of drug-likeness (QED) is 0.185. The molecule has 0 bridgehead atoms. The van der Waals surface area contributed by atoms with Gasteiger partial charge in [-0.3, -0.25) is 19.2 Å². The van der Waals surface area contributed by atoms with Gasteiger partial charge >= 0.3 is 20.3 Å². The van der Waals surface area contributed by atoms with Crippen LogP contribution in [0.4, 0.5) is 4.39 Å². The second-order valence-electron chi connectivity index (χ2n) is 11.2. The van der Waals surface area contributed by atoms with E-state index in [2.05, 4.69) is 15.2 Å². The minimum atomic E-state index is -6.09. The van der Waals surface area contributed by atoms with Crippen LogP contribution in [0.15, 0.2) is 30.6 Å². The highest BCUT2D eigenvalue weighted by atomic mass is 31.2. The SMILES string of the molecule is CC(C)c1ncc(-c2ccc3[nH]ncc3c2)c(C(C)C)c1C(C(C)C)(C(C)C)C(F)(P(=O)(O)O)P(=O)(O)O. The fraction of sp³-hybridized carbons (Fsp3) is 0.538. The zero-order valence-electron chi connectivity index (χ0n) is 23.0. The lowest BCUT2D eigenvalue weighted by molar-refractivity contribution is 0.0631. The van der Waals surface area contributed by atoms with E-state index in [1.165, 1.54) is 27.7 Å². The molecule has 3 rings (SSSR count). The van der Waals surface area contributed by atoms with Crippen LogP contribution in [-0.2, 0) is 14.5 Å². The van der Waals surface area contributed by atoms with Crippen LogP contribution in [0, 0.1) is 11.8 Å². The summed E-state index contributed by atoms with van der Waals surface area (Å²) in [6, 6.07) is 5.55. The maximum absolute atomic E-state index is 17.3. The van der Waals surface area contributed by atoms with Crippen LogP contribution in [0.1, 0.15) is 84.0 Å². The van der Waals surface area contributed by atoms with E-state index >= 15 is 4.39 Å². The van der Waals surface area contributed by atoms with Crippen molar-refractivity contribution in [1.82, 2.24) is 15.2 Å². The van der Waals surface area contributed by atoms with E-state index in [1.54, 1.807) is 12.4 Å². The van der Waals surface area contributed by atoms with Gasteiger partial charge in [-0.1, -0.05) is 61.5 Å². The monoisotopic (exact) mass is 569 g/mol. The Balaban J connectivity index is 2.68. The first-order chi connectivity index (χ1) is 17.3. The first kappa shape index (κ1) is 30.6. The fourth-order valence-electron chi connectivity index (χ4n) is 6.14. The minimum Gasteiger partial charge on any atom is -0.322 e. The highest BCUT2D eigenvalue weighted by molar-refractivity contribution is 7.72. The Morgan fingerprint density at radius 1 is 0.868 bits per heavy atom. The van der Waals surface area contributed by atoms with Crippen molar-refractivity contribution in [2.24, 2.45) is 11.8 Å². The van der Waals surface area contributed by atoms with Crippen molar-refractivity contribution in [1.29, 1.82) is 0 Å². The third-order valence-corrected chi connectivity index (χ3v) is 11.4. The number of nitrogens with zero attached hydrogens (tertiary/aromatic N) is 2. The van der Waals surface area contributed by atoms with Crippen molar-refractivity contribution in [3.05, 3.63) is 47.4 Å². The van der Waals surface area contributed by atoms with E-state index in [4.69, 9.17) is 0 Å². The molecule has 0 fully saturated rings. The number of halogens is 1. The average molecular weight is 570 g/mol. The Morgan fingerprint density at radius 2 is 1.42 bits per heavy atom. The highest BCUT2D eigenvalue weighted by Gasteiger charge is 2.76. The summed E-state index contributed by atoms with van der Waals surface area (Å²) in [7, 11) is -12.2. The molecule has 0 radical (unpaired) electrons. The number of rotatable bonds is 9. The first-order valence-corrected chi connectivity index (χ1v) is 15.8. The van der Waals surface area contributed by atoms with E-state index < -0.39 is 37.6 Å². The standard InChI is InChI=1S/C26H38FN3O6P2/c1-14(2)22-20(18-9-10-21-19(11-18)12-29-30-21)13-28-24(15(3)4)23(22)25(16(5)6,17(7)8)26(27,37(31,32)33)38(34,35)36/h9-17H,1-8H3,(H,29,30)(H2,31,32,33)(H2,34,35,36). The van der Waals surface area contributed by atoms with Gasteiger partial charge in [0.05, 0.1) is 17.1 Å². The van der Waals surface area contributed by atoms with Crippen molar-refractivity contribution in [3.8, 4) is 11.1 Å². The Morgan fingerprint density at radius 3 is 1.87 bits per heavy atom. The molecule has 5 N–H and O–H groups in total. The number of alkyl halides is 1. The molecule has 0 amide bonds. The van der Waals surface area contributed by atoms with Gasteiger partial charge in [0.15, 0.2) is 0 Å². The van der Waals surface area contributed by atoms with Gasteiger partial charge in [0.2, 0.25) is 0 Å². The fourth-order valence-corrected chi connectivity index (χ4v) is 9.72. The summed E-state index contributed by atoms with van der Waals surface area (Å²) in [5, 5.41) is 3.55. The van der Waals surface area contributed by atoms with Crippen LogP contribution in [0.3, 0.4) is 0 Å². The summed E-state index contributed by atoms with van der Waals surface area (Å²) in [5.41, 5.74) is 0.818. The minimum absolute atomic E-state index is 0.145. The molecule has 0 unspecified atom stereocenters. The molecular formula is C26H38FN3O6P2. The molecule has 0 aliphatic carbocycles. The Labute approximate surface area is 222 Å². The zero-order chi connectivity index (χ0) is 29.0. The third-order valence-electron chi connectivity index (χ3n) is 7.56. The van der Waals surface area contributed by atoms with Crippen molar-refractivity contribution in [2.75, 3.05) is 0 Å². The lowest BCUT2D eigenvalue weighted by atomic mass is 9.61. The van der Waals surface area contributed by atoms with Crippen LogP contribution in [0.5, 0.6) is 0 Å². The number of H-pyrrole nitrogens is 1. The van der Waals surface area contributed by atoms with Crippen LogP contribution in [0.2, 0.25) is 0 Å². The van der Waals surface area contributed by atoms with Gasteiger partial charge in [-0.2, -0.15) is 5.10 Å². The number of pyridine rings is 1. The van der Waals surface area contributed by atoms with Crippen LogP contribution >= 0.6 is 15.2 Å². The predicted octanol–water partition coefficient (Wildman–Crippen LogP) is 6.40. The number of fused-ring (bicyclic) bond motifs is 1. The molecule has 0 saturated heterocycles. The summed E-state index contributed by atoms with van der Waals surface area (Å²) >= 11 is 0. The average Bonchev–Trinajstić information content (AvgIpc) is 3.24.